The smallest absolute Gasteiger partial charge is 0.363 e. The number of nitrogens with one attached hydrogen (secondary N) is 2. The molecule has 0 bridgehead atoms. The summed E-state index contributed by atoms with van der Waals surface area (Å²) in [6.45, 7) is 1.54. The molecule has 1 heterocycles. The van der Waals surface area contributed by atoms with Gasteiger partial charge in [-0.05, 0) is 49.6 Å². The van der Waals surface area contributed by atoms with Crippen molar-refractivity contribution in [2.45, 2.75) is 43.5 Å². The second-order valence-electron chi connectivity index (χ2n) is 7.28. The normalized spacial score (nSPS) is 15.0. The fourth-order valence-electron chi connectivity index (χ4n) is 3.60. The van der Waals surface area contributed by atoms with E-state index >= 15 is 0 Å². The van der Waals surface area contributed by atoms with E-state index in [-0.39, 0.29) is 16.6 Å². The number of para-hydroxylation sites is 1. The van der Waals surface area contributed by atoms with E-state index in [1.54, 1.807) is 31.2 Å². The molecular weight excluding hydrogens is 395 g/mol. The maximum Gasteiger partial charge on any atom is 0.363 e. The Morgan fingerprint density at radius 1 is 1.07 bits per heavy atom. The van der Waals surface area contributed by atoms with Gasteiger partial charge < -0.3 is 9.73 Å². The van der Waals surface area contributed by atoms with Gasteiger partial charge in [-0.15, -0.1) is 0 Å². The first-order chi connectivity index (χ1) is 13.8. The van der Waals surface area contributed by atoms with Crippen LogP contribution in [0.25, 0.3) is 11.0 Å². The van der Waals surface area contributed by atoms with Crippen LogP contribution in [0.4, 0.5) is 15.8 Å². The van der Waals surface area contributed by atoms with E-state index in [4.69, 9.17) is 4.42 Å². The summed E-state index contributed by atoms with van der Waals surface area (Å²) in [6, 6.07) is 10.7. The van der Waals surface area contributed by atoms with Crippen molar-refractivity contribution < 1.29 is 17.2 Å². The molecule has 2 N–H and O–H groups in total. The van der Waals surface area contributed by atoms with Gasteiger partial charge in [0.05, 0.1) is 10.6 Å². The Hall–Kier alpha value is -2.87. The van der Waals surface area contributed by atoms with Crippen molar-refractivity contribution in [1.82, 2.24) is 0 Å². The van der Waals surface area contributed by atoms with Gasteiger partial charge in [-0.25, -0.2) is 17.6 Å². The number of benzene rings is 2. The van der Waals surface area contributed by atoms with Crippen LogP contribution in [0, 0.1) is 12.7 Å². The highest BCUT2D eigenvalue weighted by atomic mass is 32.2. The molecule has 0 spiro atoms. The highest BCUT2D eigenvalue weighted by molar-refractivity contribution is 7.92. The molecule has 0 amide bonds. The molecule has 0 unspecified atom stereocenters. The molecule has 0 aliphatic heterocycles. The summed E-state index contributed by atoms with van der Waals surface area (Å²) in [5.74, 6) is -0.636. The lowest BCUT2D eigenvalue weighted by atomic mass is 10.1. The van der Waals surface area contributed by atoms with Crippen molar-refractivity contribution in [3.63, 3.8) is 0 Å². The third-order valence-corrected chi connectivity index (χ3v) is 6.55. The summed E-state index contributed by atoms with van der Waals surface area (Å²) in [5, 5.41) is 3.93. The lowest BCUT2D eigenvalue weighted by Crippen LogP contribution is -2.23. The van der Waals surface area contributed by atoms with Gasteiger partial charge in [-0.3, -0.25) is 4.72 Å². The Morgan fingerprint density at radius 2 is 1.79 bits per heavy atom. The zero-order valence-electron chi connectivity index (χ0n) is 15.9. The van der Waals surface area contributed by atoms with Crippen LogP contribution >= 0.6 is 0 Å². The molecule has 29 heavy (non-hydrogen) atoms. The summed E-state index contributed by atoms with van der Waals surface area (Å²) < 4.78 is 47.3. The second-order valence-corrected chi connectivity index (χ2v) is 8.96. The zero-order chi connectivity index (χ0) is 20.6. The molecule has 1 aliphatic carbocycles. The van der Waals surface area contributed by atoms with Gasteiger partial charge in [-0.1, -0.05) is 31.0 Å². The van der Waals surface area contributed by atoms with E-state index in [0.29, 0.717) is 22.2 Å². The van der Waals surface area contributed by atoms with Gasteiger partial charge >= 0.3 is 5.63 Å². The maximum atomic E-state index is 13.9. The molecule has 4 rings (SSSR count). The summed E-state index contributed by atoms with van der Waals surface area (Å²) >= 11 is 0. The Bertz CT molecular complexity index is 1230. The van der Waals surface area contributed by atoms with Crippen LogP contribution in [0.2, 0.25) is 0 Å². The molecule has 0 atom stereocenters. The SMILES string of the molecule is Cc1ccc(S(=O)(=O)Nc2c(NC3CCCC3)c3ccccc3oc2=O)cc1F. The first-order valence-electron chi connectivity index (χ1n) is 9.46. The van der Waals surface area contributed by atoms with Crippen LogP contribution in [0.1, 0.15) is 31.2 Å². The number of hydrogen-bond donors (Lipinski definition) is 2. The molecule has 1 saturated carbocycles. The van der Waals surface area contributed by atoms with Gasteiger partial charge in [0.25, 0.3) is 10.0 Å². The number of anilines is 2. The number of sulfonamides is 1. The van der Waals surface area contributed by atoms with Gasteiger partial charge in [0, 0.05) is 11.4 Å². The lowest BCUT2D eigenvalue weighted by molar-refractivity contribution is 0.562. The molecular formula is C21H21FN2O4S. The second kappa shape index (κ2) is 7.51. The van der Waals surface area contributed by atoms with Crippen LogP contribution in [0.3, 0.4) is 0 Å². The Kier molecular flexibility index (Phi) is 5.04. The van der Waals surface area contributed by atoms with E-state index in [9.17, 15) is 17.6 Å². The van der Waals surface area contributed by atoms with Gasteiger partial charge in [-0.2, -0.15) is 0 Å². The van der Waals surface area contributed by atoms with Gasteiger partial charge in [0.2, 0.25) is 0 Å². The first-order valence-corrected chi connectivity index (χ1v) is 10.9. The molecule has 2 aromatic carbocycles. The van der Waals surface area contributed by atoms with Crippen LogP contribution < -0.4 is 15.7 Å². The Balaban J connectivity index is 1.82. The van der Waals surface area contributed by atoms with Crippen molar-refractivity contribution in [2.75, 3.05) is 10.0 Å². The summed E-state index contributed by atoms with van der Waals surface area (Å²) in [6.07, 6.45) is 4.01. The van der Waals surface area contributed by atoms with E-state index in [1.165, 1.54) is 12.1 Å². The average molecular weight is 416 g/mol. The topological polar surface area (TPSA) is 88.4 Å². The largest absolute Gasteiger partial charge is 0.421 e. The number of halogens is 1. The molecule has 152 valence electrons. The molecule has 8 heteroatoms. The number of fused-ring (bicyclic) bond motifs is 1. The molecule has 1 aliphatic rings. The highest BCUT2D eigenvalue weighted by Gasteiger charge is 2.25. The van der Waals surface area contributed by atoms with Crippen LogP contribution in [0.5, 0.6) is 0 Å². The summed E-state index contributed by atoms with van der Waals surface area (Å²) in [5.41, 5.74) is 0.0805. The minimum atomic E-state index is -4.19. The number of aryl methyl sites for hydroxylation is 1. The maximum absolute atomic E-state index is 13.9. The van der Waals surface area contributed by atoms with Crippen molar-refractivity contribution in [3.05, 3.63) is 64.3 Å². The summed E-state index contributed by atoms with van der Waals surface area (Å²) in [4.78, 5) is 12.4. The van der Waals surface area contributed by atoms with Gasteiger partial charge in [0.1, 0.15) is 11.4 Å². The Morgan fingerprint density at radius 3 is 2.52 bits per heavy atom. The third-order valence-electron chi connectivity index (χ3n) is 5.21. The Labute approximate surface area is 167 Å². The zero-order valence-corrected chi connectivity index (χ0v) is 16.7. The number of hydrogen-bond acceptors (Lipinski definition) is 5. The van der Waals surface area contributed by atoms with E-state index in [0.717, 1.165) is 31.7 Å². The fourth-order valence-corrected chi connectivity index (χ4v) is 4.68. The highest BCUT2D eigenvalue weighted by Crippen LogP contribution is 2.33. The molecule has 1 aromatic heterocycles. The monoisotopic (exact) mass is 416 g/mol. The summed E-state index contributed by atoms with van der Waals surface area (Å²) in [7, 11) is -4.19. The van der Waals surface area contributed by atoms with E-state index in [2.05, 4.69) is 10.0 Å². The molecule has 6 nitrogen and oxygen atoms in total. The standard InChI is InChI=1S/C21H21FN2O4S/c1-13-10-11-15(12-17(13)22)29(26,27)24-20-19(23-14-6-2-3-7-14)16-8-4-5-9-18(16)28-21(20)25/h4-5,8-12,14,23-24H,2-3,6-7H2,1H3. The van der Waals surface area contributed by atoms with Crippen LogP contribution in [-0.4, -0.2) is 14.5 Å². The average Bonchev–Trinajstić information content (AvgIpc) is 3.20. The van der Waals surface area contributed by atoms with Crippen LogP contribution in [0.15, 0.2) is 56.6 Å². The molecule has 0 radical (unpaired) electrons. The van der Waals surface area contributed by atoms with Crippen molar-refractivity contribution in [3.8, 4) is 0 Å². The minimum absolute atomic E-state index is 0.139. The van der Waals surface area contributed by atoms with Crippen molar-refractivity contribution >= 4 is 32.4 Å². The van der Waals surface area contributed by atoms with Crippen LogP contribution in [-0.2, 0) is 10.0 Å². The number of rotatable bonds is 5. The predicted molar refractivity (Wildman–Crippen MR) is 110 cm³/mol. The fraction of sp³-hybridized carbons (Fsp3) is 0.286. The van der Waals surface area contributed by atoms with E-state index in [1.807, 2.05) is 0 Å². The van der Waals surface area contributed by atoms with E-state index < -0.39 is 21.5 Å². The lowest BCUT2D eigenvalue weighted by Gasteiger charge is -2.19. The third kappa shape index (κ3) is 3.85. The molecule has 0 saturated heterocycles. The molecule has 3 aromatic rings. The van der Waals surface area contributed by atoms with Gasteiger partial charge in [0.15, 0.2) is 5.69 Å². The predicted octanol–water partition coefficient (Wildman–Crippen LogP) is 4.40. The molecule has 1 fully saturated rings. The quantitative estimate of drug-likeness (QED) is 0.602. The first kappa shape index (κ1) is 19.4. The minimum Gasteiger partial charge on any atom is -0.421 e. The van der Waals surface area contributed by atoms with Crippen molar-refractivity contribution in [2.24, 2.45) is 0 Å². The van der Waals surface area contributed by atoms with Crippen molar-refractivity contribution in [1.29, 1.82) is 0 Å².